The molecule has 18 heavy (non-hydrogen) atoms. The summed E-state index contributed by atoms with van der Waals surface area (Å²) in [5.41, 5.74) is 0. The first kappa shape index (κ1) is 13.8. The maximum Gasteiger partial charge on any atom is 0.263 e. The topological polar surface area (TPSA) is 38.3 Å². The van der Waals surface area contributed by atoms with Crippen LogP contribution in [0.25, 0.3) is 0 Å². The highest BCUT2D eigenvalue weighted by atomic mass is 35.5. The number of hydrogen-bond donors (Lipinski definition) is 1. The van der Waals surface area contributed by atoms with Crippen molar-refractivity contribution in [3.8, 4) is 0 Å². The lowest BCUT2D eigenvalue weighted by Gasteiger charge is -2.30. The fourth-order valence-corrected chi connectivity index (χ4v) is 3.41. The van der Waals surface area contributed by atoms with Crippen molar-refractivity contribution in [3.05, 3.63) is 21.3 Å². The number of carbonyl (C=O) groups excluding carboxylic acids is 1. The van der Waals surface area contributed by atoms with Gasteiger partial charge in [0, 0.05) is 19.3 Å². The summed E-state index contributed by atoms with van der Waals surface area (Å²) in [7, 11) is 0. The molecule has 1 amide bonds. The van der Waals surface area contributed by atoms with E-state index in [1.165, 1.54) is 11.3 Å². The second kappa shape index (κ2) is 6.55. The summed E-state index contributed by atoms with van der Waals surface area (Å²) in [6.07, 6.45) is 2.99. The number of thiophene rings is 1. The number of amides is 1. The molecule has 0 spiro atoms. The lowest BCUT2D eigenvalue weighted by Crippen LogP contribution is -2.41. The largest absolute Gasteiger partial charge is 0.381 e. The van der Waals surface area contributed by atoms with Gasteiger partial charge in [-0.15, -0.1) is 11.3 Å². The predicted molar refractivity (Wildman–Crippen MR) is 74.4 cm³/mol. The van der Waals surface area contributed by atoms with Crippen molar-refractivity contribution in [2.24, 2.45) is 5.92 Å². The molecule has 0 radical (unpaired) electrons. The number of ether oxygens (including phenoxy) is 1. The summed E-state index contributed by atoms with van der Waals surface area (Å²) >= 11 is 7.36. The second-order valence-corrected chi connectivity index (χ2v) is 5.86. The van der Waals surface area contributed by atoms with Crippen molar-refractivity contribution in [1.29, 1.82) is 0 Å². The van der Waals surface area contributed by atoms with E-state index in [-0.39, 0.29) is 11.9 Å². The van der Waals surface area contributed by atoms with Gasteiger partial charge in [0.25, 0.3) is 5.91 Å². The van der Waals surface area contributed by atoms with Crippen LogP contribution in [0.2, 0.25) is 5.02 Å². The van der Waals surface area contributed by atoms with Gasteiger partial charge in [0.1, 0.15) is 4.88 Å². The maximum absolute atomic E-state index is 12.1. The molecule has 1 N–H and O–H groups in total. The molecule has 1 aromatic rings. The van der Waals surface area contributed by atoms with Gasteiger partial charge in [-0.2, -0.15) is 0 Å². The Morgan fingerprint density at radius 3 is 2.89 bits per heavy atom. The molecule has 5 heteroatoms. The molecule has 0 aliphatic carbocycles. The van der Waals surface area contributed by atoms with Crippen LogP contribution in [-0.4, -0.2) is 25.2 Å². The van der Waals surface area contributed by atoms with Gasteiger partial charge in [0.15, 0.2) is 0 Å². The minimum absolute atomic E-state index is 0.0478. The zero-order chi connectivity index (χ0) is 13.0. The average Bonchev–Trinajstić information content (AvgIpc) is 2.83. The molecule has 2 heterocycles. The molecule has 1 aromatic heterocycles. The Morgan fingerprint density at radius 2 is 2.33 bits per heavy atom. The van der Waals surface area contributed by atoms with E-state index in [9.17, 15) is 4.79 Å². The SMILES string of the molecule is CCC(NC(=O)c1sccc1Cl)C1CCOCC1. The minimum Gasteiger partial charge on any atom is -0.381 e. The van der Waals surface area contributed by atoms with Crippen molar-refractivity contribution >= 4 is 28.8 Å². The Labute approximate surface area is 116 Å². The van der Waals surface area contributed by atoms with Crippen molar-refractivity contribution in [2.75, 3.05) is 13.2 Å². The van der Waals surface area contributed by atoms with E-state index < -0.39 is 0 Å². The lowest BCUT2D eigenvalue weighted by atomic mass is 9.90. The van der Waals surface area contributed by atoms with Crippen LogP contribution in [0.3, 0.4) is 0 Å². The Morgan fingerprint density at radius 1 is 1.61 bits per heavy atom. The van der Waals surface area contributed by atoms with Crippen LogP contribution in [0, 0.1) is 5.92 Å². The van der Waals surface area contributed by atoms with Crippen LogP contribution in [0.15, 0.2) is 11.4 Å². The lowest BCUT2D eigenvalue weighted by molar-refractivity contribution is 0.0511. The van der Waals surface area contributed by atoms with E-state index >= 15 is 0 Å². The molecular weight excluding hydrogens is 270 g/mol. The van der Waals surface area contributed by atoms with Crippen molar-refractivity contribution in [3.63, 3.8) is 0 Å². The number of carbonyl (C=O) groups is 1. The minimum atomic E-state index is -0.0478. The molecule has 3 nitrogen and oxygen atoms in total. The van der Waals surface area contributed by atoms with Gasteiger partial charge >= 0.3 is 0 Å². The maximum atomic E-state index is 12.1. The first-order chi connectivity index (χ1) is 8.72. The molecule has 1 aliphatic heterocycles. The summed E-state index contributed by atoms with van der Waals surface area (Å²) in [6, 6.07) is 1.98. The Hall–Kier alpha value is -0.580. The molecule has 0 bridgehead atoms. The van der Waals surface area contributed by atoms with E-state index in [0.717, 1.165) is 32.5 Å². The van der Waals surface area contributed by atoms with Crippen LogP contribution >= 0.6 is 22.9 Å². The van der Waals surface area contributed by atoms with E-state index in [4.69, 9.17) is 16.3 Å². The summed E-state index contributed by atoms with van der Waals surface area (Å²) in [5, 5.41) is 5.49. The molecule has 1 unspecified atom stereocenters. The molecule has 1 fully saturated rings. The third-order valence-electron chi connectivity index (χ3n) is 3.41. The Bertz CT molecular complexity index is 401. The zero-order valence-electron chi connectivity index (χ0n) is 10.4. The third-order valence-corrected chi connectivity index (χ3v) is 4.75. The Balaban J connectivity index is 1.97. The van der Waals surface area contributed by atoms with E-state index in [0.29, 0.717) is 15.8 Å². The third kappa shape index (κ3) is 3.25. The predicted octanol–water partition coefficient (Wildman–Crippen LogP) is 3.34. The average molecular weight is 288 g/mol. The van der Waals surface area contributed by atoms with Gasteiger partial charge in [-0.1, -0.05) is 18.5 Å². The van der Waals surface area contributed by atoms with Gasteiger partial charge < -0.3 is 10.1 Å². The normalized spacial score (nSPS) is 18.6. The second-order valence-electron chi connectivity index (χ2n) is 4.54. The summed E-state index contributed by atoms with van der Waals surface area (Å²) < 4.78 is 5.36. The highest BCUT2D eigenvalue weighted by Gasteiger charge is 2.25. The van der Waals surface area contributed by atoms with Crippen molar-refractivity contribution in [1.82, 2.24) is 5.32 Å². The van der Waals surface area contributed by atoms with Crippen LogP contribution in [0.5, 0.6) is 0 Å². The number of halogens is 1. The van der Waals surface area contributed by atoms with E-state index in [1.807, 2.05) is 5.38 Å². The van der Waals surface area contributed by atoms with Crippen LogP contribution in [-0.2, 0) is 4.74 Å². The summed E-state index contributed by atoms with van der Waals surface area (Å²) in [4.78, 5) is 12.7. The quantitative estimate of drug-likeness (QED) is 0.922. The molecule has 100 valence electrons. The smallest absolute Gasteiger partial charge is 0.263 e. The van der Waals surface area contributed by atoms with Gasteiger partial charge in [0.05, 0.1) is 5.02 Å². The van der Waals surface area contributed by atoms with Gasteiger partial charge in [-0.05, 0) is 36.6 Å². The molecule has 0 saturated carbocycles. The first-order valence-corrected chi connectivity index (χ1v) is 7.59. The van der Waals surface area contributed by atoms with Crippen LogP contribution in [0.4, 0.5) is 0 Å². The van der Waals surface area contributed by atoms with Gasteiger partial charge in [0.2, 0.25) is 0 Å². The highest BCUT2D eigenvalue weighted by Crippen LogP contribution is 2.24. The number of nitrogens with one attached hydrogen (secondary N) is 1. The molecule has 2 rings (SSSR count). The van der Waals surface area contributed by atoms with Gasteiger partial charge in [-0.3, -0.25) is 4.79 Å². The molecule has 1 saturated heterocycles. The summed E-state index contributed by atoms with van der Waals surface area (Å²) in [5.74, 6) is 0.472. The summed E-state index contributed by atoms with van der Waals surface area (Å²) in [6.45, 7) is 3.71. The monoisotopic (exact) mass is 287 g/mol. The van der Waals surface area contributed by atoms with Crippen LogP contribution < -0.4 is 5.32 Å². The Kier molecular flexibility index (Phi) is 5.03. The van der Waals surface area contributed by atoms with Crippen molar-refractivity contribution < 1.29 is 9.53 Å². The molecule has 1 aliphatic rings. The zero-order valence-corrected chi connectivity index (χ0v) is 12.0. The molecular formula is C13H18ClNO2S. The molecule has 1 atom stereocenters. The van der Waals surface area contributed by atoms with E-state index in [1.54, 1.807) is 6.07 Å². The highest BCUT2D eigenvalue weighted by molar-refractivity contribution is 7.12. The fourth-order valence-electron chi connectivity index (χ4n) is 2.36. The van der Waals surface area contributed by atoms with Crippen LogP contribution in [0.1, 0.15) is 35.9 Å². The van der Waals surface area contributed by atoms with E-state index in [2.05, 4.69) is 12.2 Å². The number of rotatable bonds is 4. The number of hydrogen-bond acceptors (Lipinski definition) is 3. The first-order valence-electron chi connectivity index (χ1n) is 6.34. The van der Waals surface area contributed by atoms with Gasteiger partial charge in [-0.25, -0.2) is 0 Å². The van der Waals surface area contributed by atoms with Crippen molar-refractivity contribution in [2.45, 2.75) is 32.2 Å². The molecule has 0 aromatic carbocycles. The standard InChI is InChI=1S/C13H18ClNO2S/c1-2-11(9-3-6-17-7-4-9)15-13(16)12-10(14)5-8-18-12/h5,8-9,11H,2-4,6-7H2,1H3,(H,15,16). The fraction of sp³-hybridized carbons (Fsp3) is 0.615.